The molecular weight excluding hydrogens is 550 g/mol. The summed E-state index contributed by atoms with van der Waals surface area (Å²) in [5.74, 6) is 1.61. The van der Waals surface area contributed by atoms with E-state index in [1.165, 1.54) is 0 Å². The topological polar surface area (TPSA) is 117 Å². The van der Waals surface area contributed by atoms with Gasteiger partial charge in [-0.05, 0) is 61.9 Å². The molecule has 6 heterocycles. The zero-order valence-corrected chi connectivity index (χ0v) is 24.0. The van der Waals surface area contributed by atoms with E-state index in [-0.39, 0.29) is 17.1 Å². The Kier molecular flexibility index (Phi) is 6.21. The summed E-state index contributed by atoms with van der Waals surface area (Å²) >= 11 is 6.20. The summed E-state index contributed by atoms with van der Waals surface area (Å²) in [6, 6.07) is 11.9. The number of rotatable bonds is 5. The van der Waals surface area contributed by atoms with Gasteiger partial charge in [-0.2, -0.15) is 15.5 Å². The highest BCUT2D eigenvalue weighted by atomic mass is 35.5. The first-order valence-electron chi connectivity index (χ1n) is 13.9. The van der Waals surface area contributed by atoms with E-state index in [1.807, 2.05) is 31.8 Å². The Balaban J connectivity index is 1.09. The Morgan fingerprint density at radius 1 is 1.05 bits per heavy atom. The second-order valence-corrected chi connectivity index (χ2v) is 12.0. The van der Waals surface area contributed by atoms with E-state index in [2.05, 4.69) is 56.6 Å². The van der Waals surface area contributed by atoms with Gasteiger partial charge in [-0.1, -0.05) is 11.6 Å². The van der Waals surface area contributed by atoms with Crippen LogP contribution in [0.1, 0.15) is 35.8 Å². The smallest absolute Gasteiger partial charge is 0.271 e. The van der Waals surface area contributed by atoms with Gasteiger partial charge in [0.05, 0.1) is 28.5 Å². The summed E-state index contributed by atoms with van der Waals surface area (Å²) in [5, 5.41) is 22.0. The van der Waals surface area contributed by atoms with Gasteiger partial charge in [0, 0.05) is 72.7 Å². The number of hydrogen-bond donors (Lipinski definition) is 1. The molecule has 1 aliphatic carbocycles. The number of halogens is 1. The minimum Gasteiger partial charge on any atom is -0.356 e. The minimum atomic E-state index is -0.301. The maximum Gasteiger partial charge on any atom is 0.271 e. The molecule has 42 heavy (non-hydrogen) atoms. The second-order valence-electron chi connectivity index (χ2n) is 11.6. The van der Waals surface area contributed by atoms with E-state index in [0.29, 0.717) is 22.4 Å². The standard InChI is InChI=1S/C31H28ClN9O/c1-31(38-30(42)28-26(32)4-3-7-34-28)9-21-16-40(17-22(21)10-31)27-6-5-19(12-35-27)25-8-20(24-14-36-39(2)15-24)18-41-29(25)23(11-33)13-37-41/h3-8,12-15,18,21-22H,9-10,16-17H2,1-2H3,(H,38,42)/t21-,22+,31?. The Bertz CT molecular complexity index is 1860. The number of nitrogens with zero attached hydrogens (tertiary/aromatic N) is 8. The van der Waals surface area contributed by atoms with Crippen molar-refractivity contribution in [3.63, 3.8) is 0 Å². The molecule has 5 aromatic heterocycles. The molecule has 1 aliphatic heterocycles. The summed E-state index contributed by atoms with van der Waals surface area (Å²) in [6.07, 6.45) is 12.5. The van der Waals surface area contributed by atoms with Gasteiger partial charge >= 0.3 is 0 Å². The van der Waals surface area contributed by atoms with E-state index >= 15 is 0 Å². The first-order valence-corrected chi connectivity index (χ1v) is 14.2. The van der Waals surface area contributed by atoms with Crippen LogP contribution in [-0.4, -0.2) is 53.9 Å². The molecule has 11 heteroatoms. The lowest BCUT2D eigenvalue weighted by Gasteiger charge is -2.28. The largest absolute Gasteiger partial charge is 0.356 e. The summed E-state index contributed by atoms with van der Waals surface area (Å²) in [6.45, 7) is 3.88. The van der Waals surface area contributed by atoms with Crippen molar-refractivity contribution in [3.05, 3.63) is 83.8 Å². The van der Waals surface area contributed by atoms with Crippen LogP contribution in [0.5, 0.6) is 0 Å². The number of pyridine rings is 3. The van der Waals surface area contributed by atoms with Gasteiger partial charge < -0.3 is 10.2 Å². The fourth-order valence-corrected chi connectivity index (χ4v) is 6.91. The lowest BCUT2D eigenvalue weighted by molar-refractivity contribution is 0.0900. The van der Waals surface area contributed by atoms with Crippen LogP contribution in [0.15, 0.2) is 67.5 Å². The zero-order chi connectivity index (χ0) is 29.0. The maximum absolute atomic E-state index is 12.9. The quantitative estimate of drug-likeness (QED) is 0.320. The van der Waals surface area contributed by atoms with Crippen molar-refractivity contribution in [3.8, 4) is 28.3 Å². The molecule has 1 saturated carbocycles. The van der Waals surface area contributed by atoms with Crippen molar-refractivity contribution in [1.29, 1.82) is 5.26 Å². The van der Waals surface area contributed by atoms with Gasteiger partial charge in [0.1, 0.15) is 17.6 Å². The third-order valence-corrected chi connectivity index (χ3v) is 8.85. The molecule has 10 nitrogen and oxygen atoms in total. The maximum atomic E-state index is 12.9. The average molecular weight is 578 g/mol. The SMILES string of the molecule is Cn1cc(-c2cc(-c3ccc(N4C[C@@H]5CC(C)(NC(=O)c6ncccc6Cl)C[C@@H]5C4)nc3)c3c(C#N)cnn3c2)cn1. The molecule has 7 rings (SSSR count). The number of carbonyl (C=O) groups excluding carboxylic acids is 1. The fraction of sp³-hybridized carbons (Fsp3) is 0.290. The van der Waals surface area contributed by atoms with Crippen molar-refractivity contribution in [2.75, 3.05) is 18.0 Å². The lowest BCUT2D eigenvalue weighted by Crippen LogP contribution is -2.45. The highest BCUT2D eigenvalue weighted by Gasteiger charge is 2.47. The van der Waals surface area contributed by atoms with Crippen LogP contribution in [0.4, 0.5) is 5.82 Å². The first-order chi connectivity index (χ1) is 20.3. The Morgan fingerprint density at radius 3 is 2.52 bits per heavy atom. The minimum absolute atomic E-state index is 0.225. The molecule has 0 radical (unpaired) electrons. The van der Waals surface area contributed by atoms with Gasteiger partial charge in [0.25, 0.3) is 5.91 Å². The molecule has 210 valence electrons. The van der Waals surface area contributed by atoms with Crippen LogP contribution in [0, 0.1) is 23.2 Å². The van der Waals surface area contributed by atoms with Gasteiger partial charge in [-0.3, -0.25) is 9.48 Å². The third kappa shape index (κ3) is 4.56. The highest BCUT2D eigenvalue weighted by Crippen LogP contribution is 2.45. The number of aryl methyl sites for hydroxylation is 1. The molecule has 3 atom stereocenters. The van der Waals surface area contributed by atoms with Gasteiger partial charge in [-0.15, -0.1) is 0 Å². The van der Waals surface area contributed by atoms with Crippen LogP contribution < -0.4 is 10.2 Å². The average Bonchev–Trinajstić information content (AvgIpc) is 3.75. The van der Waals surface area contributed by atoms with E-state index in [4.69, 9.17) is 16.6 Å². The number of carbonyl (C=O) groups is 1. The van der Waals surface area contributed by atoms with Crippen molar-refractivity contribution >= 4 is 28.8 Å². The first kappa shape index (κ1) is 26.2. The molecule has 1 amide bonds. The molecule has 1 saturated heterocycles. The van der Waals surface area contributed by atoms with Crippen molar-refractivity contribution < 1.29 is 4.79 Å². The molecule has 0 spiro atoms. The van der Waals surface area contributed by atoms with Crippen LogP contribution in [0.25, 0.3) is 27.8 Å². The van der Waals surface area contributed by atoms with Crippen LogP contribution in [0.2, 0.25) is 5.02 Å². The van der Waals surface area contributed by atoms with Crippen molar-refractivity contribution in [1.82, 2.24) is 34.7 Å². The van der Waals surface area contributed by atoms with E-state index < -0.39 is 0 Å². The molecule has 2 fully saturated rings. The number of hydrogen-bond acceptors (Lipinski definition) is 7. The third-order valence-electron chi connectivity index (χ3n) is 8.54. The van der Waals surface area contributed by atoms with Gasteiger partial charge in [-0.25, -0.2) is 14.5 Å². The molecule has 1 unspecified atom stereocenters. The number of anilines is 1. The normalized spacial score (nSPS) is 21.4. The summed E-state index contributed by atoms with van der Waals surface area (Å²) in [7, 11) is 1.88. The van der Waals surface area contributed by atoms with Gasteiger partial charge in [0.15, 0.2) is 0 Å². The monoisotopic (exact) mass is 577 g/mol. The van der Waals surface area contributed by atoms with Crippen molar-refractivity contribution in [2.45, 2.75) is 25.3 Å². The lowest BCUT2D eigenvalue weighted by atomic mass is 9.97. The van der Waals surface area contributed by atoms with E-state index in [1.54, 1.807) is 33.7 Å². The highest BCUT2D eigenvalue weighted by molar-refractivity contribution is 6.33. The van der Waals surface area contributed by atoms with Crippen LogP contribution in [0.3, 0.4) is 0 Å². The molecule has 1 N–H and O–H groups in total. The van der Waals surface area contributed by atoms with Gasteiger partial charge in [0.2, 0.25) is 0 Å². The van der Waals surface area contributed by atoms with E-state index in [9.17, 15) is 10.1 Å². The molecule has 0 bridgehead atoms. The molecule has 2 aliphatic rings. The molecule has 0 aromatic carbocycles. The number of nitriles is 1. The second kappa shape index (κ2) is 9.96. The van der Waals surface area contributed by atoms with Crippen LogP contribution in [-0.2, 0) is 7.05 Å². The Morgan fingerprint density at radius 2 is 1.86 bits per heavy atom. The van der Waals surface area contributed by atoms with Crippen LogP contribution >= 0.6 is 11.6 Å². The summed E-state index contributed by atoms with van der Waals surface area (Å²) in [4.78, 5) is 24.2. The number of nitrogens with one attached hydrogen (secondary N) is 1. The number of fused-ring (bicyclic) bond motifs is 2. The van der Waals surface area contributed by atoms with Crippen molar-refractivity contribution in [2.24, 2.45) is 18.9 Å². The number of aromatic nitrogens is 6. The summed E-state index contributed by atoms with van der Waals surface area (Å²) in [5.41, 5.74) is 4.96. The van der Waals surface area contributed by atoms with E-state index in [0.717, 1.165) is 59.5 Å². The number of amides is 1. The molecular formula is C31H28ClN9O. The zero-order valence-electron chi connectivity index (χ0n) is 23.2. The predicted molar refractivity (Wildman–Crippen MR) is 159 cm³/mol. The summed E-state index contributed by atoms with van der Waals surface area (Å²) < 4.78 is 3.51. The Labute approximate surface area is 247 Å². The predicted octanol–water partition coefficient (Wildman–Crippen LogP) is 4.75. The Hall–Kier alpha value is -4.75. The fourth-order valence-electron chi connectivity index (χ4n) is 6.70. The molecule has 5 aromatic rings.